The topological polar surface area (TPSA) is 6.48 Å². The molecule has 64 heavy (non-hydrogen) atoms. The molecule has 1 spiro atoms. The fraction of sp³-hybridized carbons (Fsp3) is 0.0164. The van der Waals surface area contributed by atoms with Gasteiger partial charge in [0, 0.05) is 48.6 Å². The van der Waals surface area contributed by atoms with E-state index in [9.17, 15) is 0 Å². The van der Waals surface area contributed by atoms with Gasteiger partial charge >= 0.3 is 0 Å². The van der Waals surface area contributed by atoms with Crippen LogP contribution < -0.4 is 9.80 Å². The lowest BCUT2D eigenvalue weighted by molar-refractivity contribution is 0.793. The highest BCUT2D eigenvalue weighted by Crippen LogP contribution is 2.64. The first kappa shape index (κ1) is 36.7. The van der Waals surface area contributed by atoms with Crippen LogP contribution in [-0.2, 0) is 5.41 Å². The van der Waals surface area contributed by atoms with Gasteiger partial charge in [-0.1, -0.05) is 164 Å². The van der Waals surface area contributed by atoms with Crippen LogP contribution in [-0.4, -0.2) is 0 Å². The predicted octanol–water partition coefficient (Wildman–Crippen LogP) is 17.0. The molecule has 0 amide bonds. The van der Waals surface area contributed by atoms with Crippen LogP contribution in [0.1, 0.15) is 22.3 Å². The van der Waals surface area contributed by atoms with E-state index in [4.69, 9.17) is 0 Å². The third-order valence-electron chi connectivity index (χ3n) is 13.4. The molecular formula is C61H40N2S. The molecule has 2 aliphatic carbocycles. The van der Waals surface area contributed by atoms with Crippen molar-refractivity contribution in [2.45, 2.75) is 5.41 Å². The summed E-state index contributed by atoms with van der Waals surface area (Å²) < 4.78 is 2.56. The standard InChI is InChI=1S/C61H40N2S/c1-5-18-41(19-6-1)42-32-35-51-59(38-42)64-58-31-17-30-57(60(51)58)63(45-24-11-4-12-25-45)47-33-36-50-52-39-46(62(43-20-7-2-8-21-43)44-22-9-3-10-23-44)34-37-55(52)61(56(50)40-47)53-28-15-13-26-48(53)49-27-14-16-29-54(49)61/h1-40H. The zero-order valence-corrected chi connectivity index (χ0v) is 35.7. The van der Waals surface area contributed by atoms with Gasteiger partial charge in [0.15, 0.2) is 0 Å². The van der Waals surface area contributed by atoms with Crippen LogP contribution in [0, 0.1) is 0 Å². The molecule has 0 fully saturated rings. The van der Waals surface area contributed by atoms with Crippen molar-refractivity contribution >= 4 is 65.6 Å². The highest BCUT2D eigenvalue weighted by molar-refractivity contribution is 7.26. The van der Waals surface area contributed by atoms with Gasteiger partial charge in [-0.3, -0.25) is 0 Å². The van der Waals surface area contributed by atoms with Crippen LogP contribution in [0.15, 0.2) is 243 Å². The van der Waals surface area contributed by atoms with Crippen LogP contribution in [0.25, 0.3) is 53.6 Å². The Morgan fingerprint density at radius 3 is 1.48 bits per heavy atom. The van der Waals surface area contributed by atoms with Gasteiger partial charge in [0.1, 0.15) is 0 Å². The number of hydrogen-bond acceptors (Lipinski definition) is 3. The molecule has 10 aromatic carbocycles. The van der Waals surface area contributed by atoms with Crippen LogP contribution in [0.4, 0.5) is 34.1 Å². The van der Waals surface area contributed by atoms with Gasteiger partial charge in [-0.05, 0) is 134 Å². The summed E-state index contributed by atoms with van der Waals surface area (Å²) in [7, 11) is 0. The minimum absolute atomic E-state index is 0.520. The number of hydrogen-bond donors (Lipinski definition) is 0. The number of benzene rings is 10. The maximum atomic E-state index is 2.51. The van der Waals surface area contributed by atoms with E-state index >= 15 is 0 Å². The first-order chi connectivity index (χ1) is 31.8. The van der Waals surface area contributed by atoms with E-state index in [-0.39, 0.29) is 0 Å². The number of nitrogens with zero attached hydrogens (tertiary/aromatic N) is 2. The van der Waals surface area contributed by atoms with Crippen molar-refractivity contribution in [3.8, 4) is 33.4 Å². The van der Waals surface area contributed by atoms with Crippen molar-refractivity contribution in [2.24, 2.45) is 0 Å². The molecule has 13 rings (SSSR count). The van der Waals surface area contributed by atoms with Crippen LogP contribution in [0.3, 0.4) is 0 Å². The van der Waals surface area contributed by atoms with Crippen molar-refractivity contribution in [2.75, 3.05) is 9.80 Å². The zero-order chi connectivity index (χ0) is 42.2. The van der Waals surface area contributed by atoms with E-state index in [0.29, 0.717) is 0 Å². The molecule has 2 aliphatic rings. The average molecular weight is 833 g/mol. The predicted molar refractivity (Wildman–Crippen MR) is 270 cm³/mol. The SMILES string of the molecule is c1ccc(-c2ccc3c(c2)sc2cccc(N(c4ccccc4)c4ccc5c(c4)C4(c6ccccc6-c6ccccc64)c4ccc(N(c6ccccc6)c6ccccc6)cc4-5)c23)cc1. The van der Waals surface area contributed by atoms with Gasteiger partial charge in [-0.25, -0.2) is 0 Å². The molecule has 300 valence electrons. The Kier molecular flexibility index (Phi) is 8.34. The fourth-order valence-electron chi connectivity index (χ4n) is 10.8. The monoisotopic (exact) mass is 832 g/mol. The van der Waals surface area contributed by atoms with Crippen LogP contribution in [0.2, 0.25) is 0 Å². The lowest BCUT2D eigenvalue weighted by Gasteiger charge is -2.32. The molecule has 2 nitrogen and oxygen atoms in total. The maximum Gasteiger partial charge on any atom is 0.0726 e. The van der Waals surface area contributed by atoms with Crippen molar-refractivity contribution in [1.29, 1.82) is 0 Å². The van der Waals surface area contributed by atoms with Gasteiger partial charge < -0.3 is 9.80 Å². The van der Waals surface area contributed by atoms with Gasteiger partial charge in [0.2, 0.25) is 0 Å². The molecule has 0 radical (unpaired) electrons. The first-order valence-electron chi connectivity index (χ1n) is 22.0. The molecule has 11 aromatic rings. The molecule has 0 aliphatic heterocycles. The van der Waals surface area contributed by atoms with Crippen molar-refractivity contribution < 1.29 is 0 Å². The minimum atomic E-state index is -0.520. The van der Waals surface area contributed by atoms with E-state index < -0.39 is 5.41 Å². The van der Waals surface area contributed by atoms with Crippen molar-refractivity contribution in [3.05, 3.63) is 265 Å². The largest absolute Gasteiger partial charge is 0.310 e. The number of para-hydroxylation sites is 3. The highest BCUT2D eigenvalue weighted by atomic mass is 32.1. The number of fused-ring (bicyclic) bond motifs is 13. The van der Waals surface area contributed by atoms with Crippen molar-refractivity contribution in [3.63, 3.8) is 0 Å². The van der Waals surface area contributed by atoms with E-state index in [0.717, 1.165) is 28.4 Å². The number of rotatable bonds is 7. The third-order valence-corrected chi connectivity index (χ3v) is 14.6. The molecule has 0 bridgehead atoms. The molecule has 3 heteroatoms. The molecule has 1 aromatic heterocycles. The molecule has 0 N–H and O–H groups in total. The Balaban J connectivity index is 1.06. The first-order valence-corrected chi connectivity index (χ1v) is 22.8. The Morgan fingerprint density at radius 1 is 0.297 bits per heavy atom. The lowest BCUT2D eigenvalue weighted by atomic mass is 9.70. The van der Waals surface area contributed by atoms with Gasteiger partial charge in [0.25, 0.3) is 0 Å². The molecule has 0 saturated carbocycles. The molecule has 0 atom stereocenters. The van der Waals surface area contributed by atoms with E-state index in [1.165, 1.54) is 81.5 Å². The third kappa shape index (κ3) is 5.44. The van der Waals surface area contributed by atoms with Gasteiger partial charge in [0.05, 0.1) is 11.1 Å². The summed E-state index contributed by atoms with van der Waals surface area (Å²) in [4.78, 5) is 4.86. The average Bonchev–Trinajstić information content (AvgIpc) is 3.99. The summed E-state index contributed by atoms with van der Waals surface area (Å²) in [5, 5.41) is 2.54. The second-order valence-electron chi connectivity index (χ2n) is 16.8. The summed E-state index contributed by atoms with van der Waals surface area (Å²) in [6, 6.07) is 89.5. The summed E-state index contributed by atoms with van der Waals surface area (Å²) in [6.45, 7) is 0. The molecule has 0 unspecified atom stereocenters. The van der Waals surface area contributed by atoms with E-state index in [1.807, 2.05) is 11.3 Å². The molecular weight excluding hydrogens is 793 g/mol. The normalized spacial score (nSPS) is 12.8. The quantitative estimate of drug-likeness (QED) is 0.158. The molecule has 0 saturated heterocycles. The Bertz CT molecular complexity index is 3470. The van der Waals surface area contributed by atoms with Crippen LogP contribution in [0.5, 0.6) is 0 Å². The Labute approximate surface area is 377 Å². The summed E-state index contributed by atoms with van der Waals surface area (Å²) in [5.74, 6) is 0. The zero-order valence-electron chi connectivity index (χ0n) is 34.9. The second kappa shape index (κ2) is 14.6. The number of thiophene rings is 1. The lowest BCUT2D eigenvalue weighted by Crippen LogP contribution is -2.26. The minimum Gasteiger partial charge on any atom is -0.310 e. The second-order valence-corrected chi connectivity index (χ2v) is 17.9. The smallest absolute Gasteiger partial charge is 0.0726 e. The van der Waals surface area contributed by atoms with Gasteiger partial charge in [-0.15, -0.1) is 11.3 Å². The Hall–Kier alpha value is -7.98. The van der Waals surface area contributed by atoms with Crippen molar-refractivity contribution in [1.82, 2.24) is 0 Å². The Morgan fingerprint density at radius 2 is 0.828 bits per heavy atom. The van der Waals surface area contributed by atoms with E-state index in [1.54, 1.807) is 0 Å². The number of anilines is 6. The summed E-state index contributed by atoms with van der Waals surface area (Å²) in [6.07, 6.45) is 0. The van der Waals surface area contributed by atoms with Crippen LogP contribution >= 0.6 is 11.3 Å². The summed E-state index contributed by atoms with van der Waals surface area (Å²) in [5.41, 5.74) is 19.1. The highest BCUT2D eigenvalue weighted by Gasteiger charge is 2.52. The summed E-state index contributed by atoms with van der Waals surface area (Å²) >= 11 is 1.87. The maximum absolute atomic E-state index is 2.51. The van der Waals surface area contributed by atoms with E-state index in [2.05, 4.69) is 252 Å². The molecule has 1 heterocycles. The fourth-order valence-corrected chi connectivity index (χ4v) is 12.0. The van der Waals surface area contributed by atoms with Gasteiger partial charge in [-0.2, -0.15) is 0 Å².